The van der Waals surface area contributed by atoms with Crippen molar-refractivity contribution in [1.29, 1.82) is 0 Å². The Bertz CT molecular complexity index is 1340. The second-order valence-electron chi connectivity index (χ2n) is 10.7. The van der Waals surface area contributed by atoms with E-state index < -0.39 is 17.6 Å². The van der Waals surface area contributed by atoms with Crippen LogP contribution in [0.4, 0.5) is 18.9 Å². The highest BCUT2D eigenvalue weighted by Crippen LogP contribution is 2.51. The Labute approximate surface area is 224 Å². The van der Waals surface area contributed by atoms with E-state index in [2.05, 4.69) is 26.7 Å². The fraction of sp³-hybridized carbons (Fsp3) is 0.414. The Morgan fingerprint density at radius 2 is 1.77 bits per heavy atom. The molecular formula is C29H30F3N5O2. The number of hydrogen-bond donors (Lipinski definition) is 3. The van der Waals surface area contributed by atoms with Gasteiger partial charge >= 0.3 is 6.18 Å². The molecule has 3 aromatic rings. The molecule has 1 aromatic heterocycles. The van der Waals surface area contributed by atoms with Crippen LogP contribution in [0.25, 0.3) is 0 Å². The predicted octanol–water partition coefficient (Wildman–Crippen LogP) is 5.47. The van der Waals surface area contributed by atoms with Crippen molar-refractivity contribution in [3.63, 3.8) is 0 Å². The highest BCUT2D eigenvalue weighted by molar-refractivity contribution is 5.95. The van der Waals surface area contributed by atoms with Gasteiger partial charge in [-0.25, -0.2) is 4.98 Å². The fourth-order valence-electron chi connectivity index (χ4n) is 6.57. The maximum atomic E-state index is 14.1. The van der Waals surface area contributed by atoms with Gasteiger partial charge in [0.1, 0.15) is 5.82 Å². The SMILES string of the molecule is O=C(N[C@@H]1CCCC[C@@H]1C(=O)N1CC[C@@H]2[C@H](c3ncc[nH]3)Nc3ccccc3[C@@H]21)c1ccc(C(F)(F)F)cc1. The van der Waals surface area contributed by atoms with Crippen LogP contribution in [-0.4, -0.2) is 39.3 Å². The predicted molar refractivity (Wildman–Crippen MR) is 139 cm³/mol. The van der Waals surface area contributed by atoms with E-state index in [0.29, 0.717) is 19.4 Å². The zero-order valence-corrected chi connectivity index (χ0v) is 21.2. The van der Waals surface area contributed by atoms with Gasteiger partial charge in [0.25, 0.3) is 5.91 Å². The Kier molecular flexibility index (Phi) is 6.56. The van der Waals surface area contributed by atoms with Gasteiger partial charge in [-0.15, -0.1) is 0 Å². The molecule has 3 heterocycles. The number of nitrogens with one attached hydrogen (secondary N) is 3. The molecule has 5 atom stereocenters. The molecule has 0 bridgehead atoms. The lowest BCUT2D eigenvalue weighted by molar-refractivity contribution is -0.139. The summed E-state index contributed by atoms with van der Waals surface area (Å²) in [5.41, 5.74) is 1.41. The van der Waals surface area contributed by atoms with Crippen LogP contribution in [0, 0.1) is 11.8 Å². The second-order valence-corrected chi connectivity index (χ2v) is 10.7. The molecule has 39 heavy (non-hydrogen) atoms. The van der Waals surface area contributed by atoms with Crippen molar-refractivity contribution in [2.24, 2.45) is 11.8 Å². The topological polar surface area (TPSA) is 90.1 Å². The summed E-state index contributed by atoms with van der Waals surface area (Å²) in [7, 11) is 0. The van der Waals surface area contributed by atoms with Crippen molar-refractivity contribution >= 4 is 17.5 Å². The first-order valence-electron chi connectivity index (χ1n) is 13.4. The summed E-state index contributed by atoms with van der Waals surface area (Å²) in [5, 5.41) is 6.59. The lowest BCUT2D eigenvalue weighted by Crippen LogP contribution is -2.50. The van der Waals surface area contributed by atoms with Gasteiger partial charge in [-0.2, -0.15) is 13.2 Å². The number of para-hydroxylation sites is 1. The average Bonchev–Trinajstić information content (AvgIpc) is 3.63. The van der Waals surface area contributed by atoms with Gasteiger partial charge in [0.05, 0.1) is 23.6 Å². The summed E-state index contributed by atoms with van der Waals surface area (Å²) in [4.78, 5) is 36.8. The van der Waals surface area contributed by atoms with Crippen LogP contribution < -0.4 is 10.6 Å². The van der Waals surface area contributed by atoms with E-state index in [0.717, 1.165) is 48.5 Å². The van der Waals surface area contributed by atoms with Crippen LogP contribution in [0.3, 0.4) is 0 Å². The Balaban J connectivity index is 1.23. The molecule has 2 aliphatic heterocycles. The summed E-state index contributed by atoms with van der Waals surface area (Å²) < 4.78 is 38.8. The molecule has 2 fully saturated rings. The molecule has 0 unspecified atom stereocenters. The zero-order chi connectivity index (χ0) is 27.1. The number of amides is 2. The van der Waals surface area contributed by atoms with Crippen molar-refractivity contribution in [2.75, 3.05) is 11.9 Å². The number of halogens is 3. The monoisotopic (exact) mass is 537 g/mol. The van der Waals surface area contributed by atoms with Crippen LogP contribution in [-0.2, 0) is 11.0 Å². The quantitative estimate of drug-likeness (QED) is 0.412. The van der Waals surface area contributed by atoms with Crippen molar-refractivity contribution < 1.29 is 22.8 Å². The smallest absolute Gasteiger partial charge is 0.375 e. The number of alkyl halides is 3. The molecule has 10 heteroatoms. The molecule has 1 saturated carbocycles. The first-order chi connectivity index (χ1) is 18.8. The Hall–Kier alpha value is -3.82. The van der Waals surface area contributed by atoms with Crippen LogP contribution in [0.1, 0.15) is 71.5 Å². The number of fused-ring (bicyclic) bond motifs is 3. The van der Waals surface area contributed by atoms with Crippen LogP contribution >= 0.6 is 0 Å². The van der Waals surface area contributed by atoms with Gasteiger partial charge in [0.2, 0.25) is 5.91 Å². The maximum absolute atomic E-state index is 14.1. The van der Waals surface area contributed by atoms with Crippen molar-refractivity contribution in [3.05, 3.63) is 83.4 Å². The highest BCUT2D eigenvalue weighted by Gasteiger charge is 2.49. The third kappa shape index (κ3) is 4.77. The van der Waals surface area contributed by atoms with Gasteiger partial charge in [-0.05, 0) is 55.2 Å². The number of carbonyl (C=O) groups excluding carboxylic acids is 2. The number of rotatable bonds is 4. The van der Waals surface area contributed by atoms with Crippen LogP contribution in [0.5, 0.6) is 0 Å². The Morgan fingerprint density at radius 3 is 2.51 bits per heavy atom. The van der Waals surface area contributed by atoms with E-state index in [1.54, 1.807) is 12.4 Å². The number of aromatic nitrogens is 2. The number of imidazole rings is 1. The first kappa shape index (κ1) is 25.5. The van der Waals surface area contributed by atoms with Gasteiger partial charge in [-0.3, -0.25) is 9.59 Å². The van der Waals surface area contributed by atoms with E-state index in [-0.39, 0.29) is 41.4 Å². The minimum absolute atomic E-state index is 0.0230. The lowest BCUT2D eigenvalue weighted by Gasteiger charge is -2.41. The zero-order valence-electron chi connectivity index (χ0n) is 21.2. The highest BCUT2D eigenvalue weighted by atomic mass is 19.4. The standard InChI is InChI=1S/C29H30F3N5O2/c30-29(31,32)18-11-9-17(10-12-18)27(38)36-23-8-4-2-6-20(23)28(39)37-16-13-21-24(26-33-14-15-34-26)35-22-7-3-1-5-19(22)25(21)37/h1,3,5,7,9-12,14-15,20-21,23-25,35H,2,4,6,8,13,16H2,(H,33,34)(H,36,38)/t20-,21+,23+,24+,25-/m0/s1. The molecule has 1 aliphatic carbocycles. The minimum atomic E-state index is -4.47. The van der Waals surface area contributed by atoms with E-state index >= 15 is 0 Å². The number of carbonyl (C=O) groups is 2. The van der Waals surface area contributed by atoms with Gasteiger partial charge in [-0.1, -0.05) is 31.0 Å². The minimum Gasteiger partial charge on any atom is -0.375 e. The number of hydrogen-bond acceptors (Lipinski definition) is 4. The molecule has 3 aliphatic rings. The Morgan fingerprint density at radius 1 is 1.00 bits per heavy atom. The summed E-state index contributed by atoms with van der Waals surface area (Å²) in [6.07, 6.45) is 2.96. The number of nitrogens with zero attached hydrogens (tertiary/aromatic N) is 2. The summed E-state index contributed by atoms with van der Waals surface area (Å²) in [6.45, 7) is 0.609. The number of benzene rings is 2. The maximum Gasteiger partial charge on any atom is 0.416 e. The molecule has 6 rings (SSSR count). The molecule has 204 valence electrons. The van der Waals surface area contributed by atoms with Crippen molar-refractivity contribution in [2.45, 2.75) is 56.4 Å². The lowest BCUT2D eigenvalue weighted by atomic mass is 9.80. The fourth-order valence-corrected chi connectivity index (χ4v) is 6.57. The van der Waals surface area contributed by atoms with E-state index in [4.69, 9.17) is 0 Å². The molecule has 2 amide bonds. The van der Waals surface area contributed by atoms with Crippen molar-refractivity contribution in [3.8, 4) is 0 Å². The molecule has 0 spiro atoms. The largest absolute Gasteiger partial charge is 0.416 e. The van der Waals surface area contributed by atoms with Gasteiger partial charge in [0, 0.05) is 42.1 Å². The third-order valence-electron chi connectivity index (χ3n) is 8.43. The summed E-state index contributed by atoms with van der Waals surface area (Å²) in [6, 6.07) is 11.7. The molecule has 2 aromatic carbocycles. The number of anilines is 1. The van der Waals surface area contributed by atoms with Crippen LogP contribution in [0.15, 0.2) is 60.9 Å². The number of aromatic amines is 1. The van der Waals surface area contributed by atoms with E-state index in [1.165, 1.54) is 12.1 Å². The first-order valence-corrected chi connectivity index (χ1v) is 13.4. The average molecular weight is 538 g/mol. The molecular weight excluding hydrogens is 507 g/mol. The summed E-state index contributed by atoms with van der Waals surface area (Å²) >= 11 is 0. The normalized spacial score (nSPS) is 26.3. The van der Waals surface area contributed by atoms with Gasteiger partial charge < -0.3 is 20.5 Å². The third-order valence-corrected chi connectivity index (χ3v) is 8.43. The number of H-pyrrole nitrogens is 1. The van der Waals surface area contributed by atoms with Crippen LogP contribution in [0.2, 0.25) is 0 Å². The van der Waals surface area contributed by atoms with E-state index in [9.17, 15) is 22.8 Å². The molecule has 1 saturated heterocycles. The van der Waals surface area contributed by atoms with Crippen molar-refractivity contribution in [1.82, 2.24) is 20.2 Å². The number of likely N-dealkylation sites (tertiary alicyclic amines) is 1. The molecule has 0 radical (unpaired) electrons. The second kappa shape index (κ2) is 10.1. The van der Waals surface area contributed by atoms with E-state index in [1.807, 2.05) is 23.1 Å². The molecule has 3 N–H and O–H groups in total. The molecule has 7 nitrogen and oxygen atoms in total. The summed E-state index contributed by atoms with van der Waals surface area (Å²) in [5.74, 6) is 0.152. The van der Waals surface area contributed by atoms with Gasteiger partial charge in [0.15, 0.2) is 0 Å².